The Morgan fingerprint density at radius 1 is 1.00 bits per heavy atom. The molecule has 3 aliphatic rings. The van der Waals surface area contributed by atoms with Crippen LogP contribution in [0.15, 0.2) is 83.4 Å². The van der Waals surface area contributed by atoms with Crippen molar-refractivity contribution in [1.29, 1.82) is 0 Å². The Hall–Kier alpha value is -5.41. The maximum atomic E-state index is 13.8. The fourth-order valence-electron chi connectivity index (χ4n) is 7.43. The summed E-state index contributed by atoms with van der Waals surface area (Å²) in [4.78, 5) is 42.0. The van der Waals surface area contributed by atoms with E-state index < -0.39 is 17.9 Å². The molecular formula is C42H53N9O5. The lowest BCUT2D eigenvalue weighted by Crippen LogP contribution is -3.13. The van der Waals surface area contributed by atoms with Gasteiger partial charge in [-0.1, -0.05) is 48.0 Å². The summed E-state index contributed by atoms with van der Waals surface area (Å²) in [5, 5.41) is 37.3. The Bertz CT molecular complexity index is 1930. The zero-order valence-corrected chi connectivity index (χ0v) is 31.9. The molecule has 9 N–H and O–H groups in total. The molecule has 6 rings (SSSR count). The molecule has 2 aliphatic heterocycles. The van der Waals surface area contributed by atoms with Gasteiger partial charge < -0.3 is 31.9 Å². The number of nitrogens with zero attached hydrogens (tertiary/aromatic N) is 2. The number of carboxylic acid groups (broad SMARTS) is 1. The first-order valence-corrected chi connectivity index (χ1v) is 19.5. The van der Waals surface area contributed by atoms with Gasteiger partial charge in [0.05, 0.1) is 18.2 Å². The number of aliphatic imine (C=N–C) groups is 1. The lowest BCUT2D eigenvalue weighted by Gasteiger charge is -2.30. The van der Waals surface area contributed by atoms with Crippen LogP contribution in [0.1, 0.15) is 78.9 Å². The summed E-state index contributed by atoms with van der Waals surface area (Å²) in [7, 11) is 0. The Morgan fingerprint density at radius 2 is 1.70 bits per heavy atom. The normalized spacial score (nSPS) is 20.7. The maximum Gasteiger partial charge on any atom is 0.309 e. The van der Waals surface area contributed by atoms with E-state index in [4.69, 9.17) is 10.8 Å². The van der Waals surface area contributed by atoms with E-state index in [0.717, 1.165) is 85.0 Å². The van der Waals surface area contributed by atoms with Crippen LogP contribution < -0.4 is 42.9 Å². The summed E-state index contributed by atoms with van der Waals surface area (Å²) < 4.78 is 0. The van der Waals surface area contributed by atoms with Gasteiger partial charge in [0.1, 0.15) is 6.54 Å². The third kappa shape index (κ3) is 10.7. The molecule has 2 heterocycles. The molecule has 3 aromatic carbocycles. The first-order chi connectivity index (χ1) is 27.1. The van der Waals surface area contributed by atoms with Crippen LogP contribution in [0.25, 0.3) is 16.7 Å². The van der Waals surface area contributed by atoms with E-state index in [0.29, 0.717) is 34.7 Å². The zero-order valence-electron chi connectivity index (χ0n) is 31.9. The summed E-state index contributed by atoms with van der Waals surface area (Å²) in [6.07, 6.45) is 5.25. The summed E-state index contributed by atoms with van der Waals surface area (Å²) in [6, 6.07) is 19.8. The van der Waals surface area contributed by atoms with Crippen LogP contribution in [-0.2, 0) is 16.0 Å². The third-order valence-electron chi connectivity index (χ3n) is 10.8. The highest BCUT2D eigenvalue weighted by molar-refractivity contribution is 5.99. The molecule has 1 unspecified atom stereocenters. The molecular weight excluding hydrogens is 711 g/mol. The number of hydrazine groups is 1. The van der Waals surface area contributed by atoms with Gasteiger partial charge in [-0.25, -0.2) is 0 Å². The predicted octanol–water partition coefficient (Wildman–Crippen LogP) is 1.80. The number of allylic oxidation sites excluding steroid dienone is 1. The number of rotatable bonds is 15. The van der Waals surface area contributed by atoms with E-state index in [-0.39, 0.29) is 43.2 Å². The number of nitrogens with one attached hydrogen (secondary N) is 6. The van der Waals surface area contributed by atoms with Gasteiger partial charge in [-0.3, -0.25) is 24.8 Å². The van der Waals surface area contributed by atoms with E-state index in [9.17, 15) is 19.5 Å². The monoisotopic (exact) mass is 763 g/mol. The average Bonchev–Trinajstić information content (AvgIpc) is 3.69. The number of piperidine rings is 1. The van der Waals surface area contributed by atoms with Gasteiger partial charge in [-0.2, -0.15) is 0 Å². The molecule has 56 heavy (non-hydrogen) atoms. The minimum atomic E-state index is -0.905. The minimum Gasteiger partial charge on any atom is -0.860 e. The number of carbonyl (C=O) groups excluding carboxylic acids is 2. The number of carboxylic acids is 1. The van der Waals surface area contributed by atoms with Crippen LogP contribution in [0, 0.1) is 11.8 Å². The number of carbonyl (C=O) groups is 3. The Balaban J connectivity index is 1.18. The smallest absolute Gasteiger partial charge is 0.309 e. The standard InChI is InChI=1S/C42H53N9O5/c1-26(2)36-24-32(41(55)45-34-17-20-44-21-18-34)13-16-35(36)29-7-3-27(4-8-29)23-37(47-40(54)31-9-5-28(25-43)6-10-31)42(56)46-33-14-11-30(12-15-33)39-48-50-51(49-39)22-19-38(52)53/h3-4,7-8,11-16,24,28,31,34,37,44,50H,1,5-6,9-10,17-23,25,43H2,2H3,(H,45,55)(H,46,56)(H,47,54)(H,48,49)(H,52,53)/t28?,31?,37-/m0/s1. The van der Waals surface area contributed by atoms with Gasteiger partial charge in [-0.05, 0) is 147 Å². The van der Waals surface area contributed by atoms with Gasteiger partial charge in [0, 0.05) is 23.1 Å². The lowest BCUT2D eigenvalue weighted by atomic mass is 9.81. The number of aliphatic carboxylic acids is 1. The highest BCUT2D eigenvalue weighted by atomic mass is 16.4. The van der Waals surface area contributed by atoms with Crippen LogP contribution in [0.5, 0.6) is 0 Å². The average molecular weight is 764 g/mol. The number of benzene rings is 3. The van der Waals surface area contributed by atoms with Crippen LogP contribution in [-0.4, -0.2) is 72.9 Å². The molecule has 1 saturated carbocycles. The quantitative estimate of drug-likeness (QED) is 0.0837. The van der Waals surface area contributed by atoms with E-state index >= 15 is 0 Å². The fourth-order valence-corrected chi connectivity index (χ4v) is 7.43. The first-order valence-electron chi connectivity index (χ1n) is 19.5. The Kier molecular flexibility index (Phi) is 13.6. The van der Waals surface area contributed by atoms with Crippen LogP contribution in [0.3, 0.4) is 0 Å². The lowest BCUT2D eigenvalue weighted by molar-refractivity contribution is -0.949. The number of amides is 2. The highest BCUT2D eigenvalue weighted by Gasteiger charge is 2.28. The summed E-state index contributed by atoms with van der Waals surface area (Å²) >= 11 is 0. The Labute approximate surface area is 327 Å². The second-order valence-corrected chi connectivity index (χ2v) is 15.0. The van der Waals surface area contributed by atoms with Crippen molar-refractivity contribution in [3.63, 3.8) is 0 Å². The second-order valence-electron chi connectivity index (χ2n) is 15.0. The van der Waals surface area contributed by atoms with E-state index in [1.165, 1.54) is 0 Å². The van der Waals surface area contributed by atoms with Crippen molar-refractivity contribution in [3.05, 3.63) is 95.6 Å². The molecule has 3 aromatic rings. The molecule has 0 aromatic heterocycles. The van der Waals surface area contributed by atoms with Crippen molar-refractivity contribution < 1.29 is 29.7 Å². The molecule has 296 valence electrons. The number of hydrogen-bond donors (Lipinski definition) is 8. The van der Waals surface area contributed by atoms with Crippen molar-refractivity contribution in [3.8, 4) is 11.1 Å². The SMILES string of the molecule is C=C(C)c1cc(C(=O)NC2CCNCC2)ccc1-c1ccc(C[C@H](NC(=O)C2CCC(CN)CC2)C([O-])=Nc2ccc(C3=N[NH+](CCC(=O)O)NN3)cc2)cc1. The van der Waals surface area contributed by atoms with Crippen molar-refractivity contribution in [2.24, 2.45) is 27.7 Å². The molecule has 1 saturated heterocycles. The molecule has 0 bridgehead atoms. The topological polar surface area (TPSA) is 210 Å². The number of hydrogen-bond acceptors (Lipinski definition) is 10. The van der Waals surface area contributed by atoms with Gasteiger partial charge in [0.25, 0.3) is 5.91 Å². The van der Waals surface area contributed by atoms with Crippen LogP contribution in [0.4, 0.5) is 5.69 Å². The van der Waals surface area contributed by atoms with E-state index in [1.54, 1.807) is 24.3 Å². The van der Waals surface area contributed by atoms with Crippen molar-refractivity contribution >= 4 is 40.8 Å². The van der Waals surface area contributed by atoms with Crippen molar-refractivity contribution in [1.82, 2.24) is 26.9 Å². The third-order valence-corrected chi connectivity index (χ3v) is 10.8. The van der Waals surface area contributed by atoms with Crippen molar-refractivity contribution in [2.75, 3.05) is 26.2 Å². The van der Waals surface area contributed by atoms with Gasteiger partial charge in [0.2, 0.25) is 11.7 Å². The maximum absolute atomic E-state index is 13.8. The molecule has 2 fully saturated rings. The highest BCUT2D eigenvalue weighted by Crippen LogP contribution is 2.31. The molecule has 2 atom stereocenters. The number of quaternary nitrogens is 1. The zero-order chi connectivity index (χ0) is 39.6. The van der Waals surface area contributed by atoms with E-state index in [1.807, 2.05) is 49.4 Å². The van der Waals surface area contributed by atoms with Crippen LogP contribution in [0.2, 0.25) is 0 Å². The van der Waals surface area contributed by atoms with Gasteiger partial charge in [-0.15, -0.1) is 5.12 Å². The number of nitrogens with two attached hydrogens (primary N) is 1. The van der Waals surface area contributed by atoms with E-state index in [2.05, 4.69) is 43.6 Å². The summed E-state index contributed by atoms with van der Waals surface area (Å²) in [6.45, 7) is 8.78. The molecule has 0 radical (unpaired) electrons. The predicted molar refractivity (Wildman–Crippen MR) is 215 cm³/mol. The Morgan fingerprint density at radius 3 is 2.36 bits per heavy atom. The van der Waals surface area contributed by atoms with Crippen molar-refractivity contribution in [2.45, 2.75) is 70.4 Å². The van der Waals surface area contributed by atoms with Crippen LogP contribution >= 0.6 is 0 Å². The molecule has 14 nitrogen and oxygen atoms in total. The number of amidine groups is 1. The van der Waals surface area contributed by atoms with Gasteiger partial charge >= 0.3 is 5.97 Å². The fraction of sp³-hybridized carbons (Fsp3) is 0.405. The molecule has 2 amide bonds. The molecule has 14 heteroatoms. The summed E-state index contributed by atoms with van der Waals surface area (Å²) in [5.74, 6) is -0.844. The largest absolute Gasteiger partial charge is 0.860 e. The molecule has 0 spiro atoms. The molecule has 1 aliphatic carbocycles. The first kappa shape index (κ1) is 40.3. The summed E-state index contributed by atoms with van der Waals surface area (Å²) in [5.41, 5.74) is 17.9. The second kappa shape index (κ2) is 19.0. The van der Waals surface area contributed by atoms with Gasteiger partial charge in [0.15, 0.2) is 0 Å². The minimum absolute atomic E-state index is 0.0402.